The molecule has 0 heterocycles. The zero-order valence-electron chi connectivity index (χ0n) is 8.34. The standard InChI is InChI=1S/C9H16Cl2O2Si/c1-2-5-8(12)13-6-3-4-7-14-9(10)11/h2,5,9H,3-4,6-7,14H2,1H3. The number of carbonyl (C=O) groups excluding carboxylic acids is 1. The highest BCUT2D eigenvalue weighted by Gasteiger charge is 2.00. The zero-order valence-corrected chi connectivity index (χ0v) is 11.3. The van der Waals surface area contributed by atoms with E-state index in [0.29, 0.717) is 6.61 Å². The van der Waals surface area contributed by atoms with Crippen molar-refractivity contribution < 1.29 is 9.53 Å². The van der Waals surface area contributed by atoms with Crippen LogP contribution in [0.2, 0.25) is 6.04 Å². The Morgan fingerprint density at radius 3 is 2.79 bits per heavy atom. The number of esters is 1. The fraction of sp³-hybridized carbons (Fsp3) is 0.667. The van der Waals surface area contributed by atoms with Gasteiger partial charge in [0.15, 0.2) is 0 Å². The minimum absolute atomic E-state index is 0.138. The molecule has 0 saturated heterocycles. The second-order valence-electron chi connectivity index (χ2n) is 2.91. The van der Waals surface area contributed by atoms with Crippen molar-refractivity contribution in [3.63, 3.8) is 0 Å². The van der Waals surface area contributed by atoms with Gasteiger partial charge in [0.1, 0.15) is 0 Å². The van der Waals surface area contributed by atoms with E-state index in [2.05, 4.69) is 0 Å². The van der Waals surface area contributed by atoms with Gasteiger partial charge in [-0.3, -0.25) is 0 Å². The number of allylic oxidation sites excluding steroid dienone is 1. The monoisotopic (exact) mass is 254 g/mol. The van der Waals surface area contributed by atoms with E-state index in [9.17, 15) is 4.79 Å². The van der Waals surface area contributed by atoms with Gasteiger partial charge in [0.25, 0.3) is 0 Å². The second kappa shape index (κ2) is 9.56. The molecular weight excluding hydrogens is 239 g/mol. The summed E-state index contributed by atoms with van der Waals surface area (Å²) in [6.45, 7) is 2.28. The van der Waals surface area contributed by atoms with E-state index in [0.717, 1.165) is 18.9 Å². The minimum atomic E-state index is -0.334. The van der Waals surface area contributed by atoms with Gasteiger partial charge in [-0.2, -0.15) is 0 Å². The lowest BCUT2D eigenvalue weighted by Crippen LogP contribution is -2.04. The Labute approximate surface area is 97.4 Å². The number of halogens is 2. The third kappa shape index (κ3) is 10.1. The number of rotatable bonds is 7. The Hall–Kier alpha value is 0.00688. The van der Waals surface area contributed by atoms with E-state index in [4.69, 9.17) is 27.9 Å². The molecule has 0 aliphatic carbocycles. The smallest absolute Gasteiger partial charge is 0.330 e. The predicted molar refractivity (Wildman–Crippen MR) is 63.9 cm³/mol. The summed E-state index contributed by atoms with van der Waals surface area (Å²) >= 11 is 11.2. The average molecular weight is 255 g/mol. The van der Waals surface area contributed by atoms with E-state index in [-0.39, 0.29) is 19.9 Å². The predicted octanol–water partition coefficient (Wildman–Crippen LogP) is 2.23. The largest absolute Gasteiger partial charge is 0.463 e. The van der Waals surface area contributed by atoms with Crippen LogP contribution in [0.3, 0.4) is 0 Å². The average Bonchev–Trinajstić information content (AvgIpc) is 2.11. The van der Waals surface area contributed by atoms with Gasteiger partial charge in [-0.25, -0.2) is 4.79 Å². The number of alkyl halides is 2. The van der Waals surface area contributed by atoms with Gasteiger partial charge in [-0.1, -0.05) is 18.5 Å². The molecule has 0 spiro atoms. The SMILES string of the molecule is CC=CC(=O)OCCCC[SiH2]C(Cl)Cl. The van der Waals surface area contributed by atoms with Crippen LogP contribution in [-0.2, 0) is 9.53 Å². The number of ether oxygens (including phenoxy) is 1. The summed E-state index contributed by atoms with van der Waals surface area (Å²) < 4.78 is 4.77. The van der Waals surface area contributed by atoms with Crippen molar-refractivity contribution in [3.8, 4) is 0 Å². The van der Waals surface area contributed by atoms with Gasteiger partial charge in [0.05, 0.1) is 20.6 Å². The van der Waals surface area contributed by atoms with Gasteiger partial charge in [-0.15, -0.1) is 23.2 Å². The highest BCUT2D eigenvalue weighted by atomic mass is 35.5. The van der Waals surface area contributed by atoms with E-state index in [1.54, 1.807) is 13.0 Å². The highest BCUT2D eigenvalue weighted by molar-refractivity contribution is 6.68. The molecule has 0 unspecified atom stereocenters. The van der Waals surface area contributed by atoms with Crippen LogP contribution < -0.4 is 0 Å². The van der Waals surface area contributed by atoms with Crippen molar-refractivity contribution in [2.24, 2.45) is 0 Å². The van der Waals surface area contributed by atoms with Crippen molar-refractivity contribution in [3.05, 3.63) is 12.2 Å². The van der Waals surface area contributed by atoms with Gasteiger partial charge < -0.3 is 4.74 Å². The highest BCUT2D eigenvalue weighted by Crippen LogP contribution is 2.05. The second-order valence-corrected chi connectivity index (χ2v) is 7.32. The number of unbranched alkanes of at least 4 members (excludes halogenated alkanes) is 1. The fourth-order valence-electron chi connectivity index (χ4n) is 0.934. The van der Waals surface area contributed by atoms with E-state index in [1.807, 2.05) is 0 Å². The van der Waals surface area contributed by atoms with Crippen LogP contribution in [0.4, 0.5) is 0 Å². The Balaban J connectivity index is 3.17. The third-order valence-electron chi connectivity index (χ3n) is 1.61. The summed E-state index contributed by atoms with van der Waals surface area (Å²) in [5, 5.41) is 0. The van der Waals surface area contributed by atoms with Crippen LogP contribution in [0.25, 0.3) is 0 Å². The molecule has 0 rings (SSSR count). The van der Waals surface area contributed by atoms with Crippen LogP contribution >= 0.6 is 23.2 Å². The first kappa shape index (κ1) is 14.0. The molecule has 82 valence electrons. The first-order valence-corrected chi connectivity index (χ1v) is 7.43. The van der Waals surface area contributed by atoms with Crippen LogP contribution in [0.15, 0.2) is 12.2 Å². The van der Waals surface area contributed by atoms with E-state index < -0.39 is 0 Å². The van der Waals surface area contributed by atoms with E-state index in [1.165, 1.54) is 6.08 Å². The molecule has 5 heteroatoms. The molecule has 0 aliphatic heterocycles. The number of hydrogen-bond donors (Lipinski definition) is 0. The van der Waals surface area contributed by atoms with Crippen molar-refractivity contribution in [1.82, 2.24) is 0 Å². The maximum absolute atomic E-state index is 10.8. The molecule has 0 aromatic heterocycles. The zero-order chi connectivity index (χ0) is 10.8. The summed E-state index contributed by atoms with van der Waals surface area (Å²) in [7, 11) is -0.334. The normalized spacial score (nSPS) is 12.0. The summed E-state index contributed by atoms with van der Waals surface area (Å²) in [6, 6.07) is 1.11. The minimum Gasteiger partial charge on any atom is -0.463 e. The van der Waals surface area contributed by atoms with Crippen LogP contribution in [0, 0.1) is 0 Å². The Kier molecular flexibility index (Phi) is 9.56. The first-order valence-electron chi connectivity index (χ1n) is 4.74. The third-order valence-corrected chi connectivity index (χ3v) is 4.27. The molecule has 0 aromatic carbocycles. The number of carbonyl (C=O) groups is 1. The molecule has 0 radical (unpaired) electrons. The summed E-state index contributed by atoms with van der Waals surface area (Å²) in [4.78, 5) is 10.8. The lowest BCUT2D eigenvalue weighted by molar-refractivity contribution is -0.137. The molecule has 0 fully saturated rings. The summed E-state index contributed by atoms with van der Waals surface area (Å²) in [6.07, 6.45) is 5.03. The molecule has 2 nitrogen and oxygen atoms in total. The lowest BCUT2D eigenvalue weighted by atomic mass is 10.3. The Morgan fingerprint density at radius 2 is 2.21 bits per heavy atom. The van der Waals surface area contributed by atoms with Crippen LogP contribution in [0.1, 0.15) is 19.8 Å². The van der Waals surface area contributed by atoms with Gasteiger partial charge in [-0.05, 0) is 13.3 Å². The van der Waals surface area contributed by atoms with E-state index >= 15 is 0 Å². The maximum Gasteiger partial charge on any atom is 0.330 e. The van der Waals surface area contributed by atoms with Crippen molar-refractivity contribution >= 4 is 38.7 Å². The molecule has 0 atom stereocenters. The molecule has 0 saturated carbocycles. The Morgan fingerprint density at radius 1 is 1.50 bits per heavy atom. The molecule has 0 N–H and O–H groups in total. The summed E-state index contributed by atoms with van der Waals surface area (Å²) in [5.74, 6) is -0.266. The topological polar surface area (TPSA) is 26.3 Å². The molecular formula is C9H16Cl2O2Si. The van der Waals surface area contributed by atoms with Gasteiger partial charge >= 0.3 is 5.97 Å². The molecule has 14 heavy (non-hydrogen) atoms. The molecule has 0 bridgehead atoms. The van der Waals surface area contributed by atoms with Crippen molar-refractivity contribution in [2.75, 3.05) is 6.61 Å². The lowest BCUT2D eigenvalue weighted by Gasteiger charge is -2.02. The maximum atomic E-state index is 10.8. The molecule has 0 aromatic rings. The van der Waals surface area contributed by atoms with Crippen molar-refractivity contribution in [2.45, 2.75) is 30.3 Å². The fourth-order valence-corrected chi connectivity index (χ4v) is 2.81. The summed E-state index contributed by atoms with van der Waals surface area (Å²) in [5.41, 5.74) is 0. The van der Waals surface area contributed by atoms with Gasteiger partial charge in [0.2, 0.25) is 0 Å². The molecule has 0 amide bonds. The van der Waals surface area contributed by atoms with Gasteiger partial charge in [0, 0.05) is 6.08 Å². The Bertz CT molecular complexity index is 184. The van der Waals surface area contributed by atoms with Crippen LogP contribution in [-0.4, -0.2) is 26.6 Å². The van der Waals surface area contributed by atoms with Crippen molar-refractivity contribution in [1.29, 1.82) is 0 Å². The molecule has 0 aliphatic rings. The quantitative estimate of drug-likeness (QED) is 0.229. The van der Waals surface area contributed by atoms with Crippen LogP contribution in [0.5, 0.6) is 0 Å². The first-order chi connectivity index (χ1) is 6.66. The number of hydrogen-bond acceptors (Lipinski definition) is 2.